The SMILES string of the molecule is COc1ccc2c(Cc3ccc(NC(=O)c4c(C)n(C[C@H](C)F)n(-c5ccccc5)c4=O)nc3)ccnc2c1. The molecule has 0 spiro atoms. The van der Waals surface area contributed by atoms with Gasteiger partial charge in [-0.1, -0.05) is 24.3 Å². The third kappa shape index (κ3) is 5.29. The molecule has 5 rings (SSSR count). The molecule has 0 aliphatic rings. The molecule has 3 aromatic heterocycles. The lowest BCUT2D eigenvalue weighted by molar-refractivity contribution is 0.102. The number of para-hydroxylation sites is 1. The maximum atomic E-state index is 14.0. The standard InChI is InChI=1S/C30H28FN5O3/c1-19(31)18-35-20(2)28(30(38)36(35)23-7-5-4-6-8-23)29(37)34-27-12-9-21(17-33-27)15-22-13-14-32-26-16-24(39-3)10-11-25(22)26/h4-14,16-17,19H,15,18H2,1-3H3,(H,33,34,37)/t19-/m0/s1. The quantitative estimate of drug-likeness (QED) is 0.304. The Balaban J connectivity index is 1.38. The van der Waals surface area contributed by atoms with Gasteiger partial charge in [0.05, 0.1) is 30.6 Å². The molecular formula is C30H28FN5O3. The van der Waals surface area contributed by atoms with Crippen LogP contribution in [0.3, 0.4) is 0 Å². The number of hydrogen-bond donors (Lipinski definition) is 1. The lowest BCUT2D eigenvalue weighted by Crippen LogP contribution is -2.27. The molecule has 0 saturated heterocycles. The monoisotopic (exact) mass is 525 g/mol. The highest BCUT2D eigenvalue weighted by atomic mass is 19.1. The van der Waals surface area contributed by atoms with Crippen molar-refractivity contribution >= 4 is 22.6 Å². The Morgan fingerprint density at radius 3 is 2.56 bits per heavy atom. The summed E-state index contributed by atoms with van der Waals surface area (Å²) in [5.41, 5.74) is 3.23. The molecule has 0 unspecified atom stereocenters. The van der Waals surface area contributed by atoms with E-state index in [2.05, 4.69) is 15.3 Å². The van der Waals surface area contributed by atoms with Crippen LogP contribution < -0.4 is 15.6 Å². The molecule has 0 bridgehead atoms. The average Bonchev–Trinajstić information content (AvgIpc) is 3.18. The molecule has 0 aliphatic carbocycles. The zero-order chi connectivity index (χ0) is 27.5. The molecule has 8 nitrogen and oxygen atoms in total. The van der Waals surface area contributed by atoms with Crippen LogP contribution in [0.1, 0.15) is 34.1 Å². The number of amides is 1. The molecule has 5 aromatic rings. The van der Waals surface area contributed by atoms with Crippen molar-refractivity contribution in [2.75, 3.05) is 12.4 Å². The van der Waals surface area contributed by atoms with Crippen molar-refractivity contribution in [2.45, 2.75) is 33.0 Å². The number of fused-ring (bicyclic) bond motifs is 1. The number of methoxy groups -OCH3 is 1. The largest absolute Gasteiger partial charge is 0.497 e. The Morgan fingerprint density at radius 2 is 1.87 bits per heavy atom. The summed E-state index contributed by atoms with van der Waals surface area (Å²) in [7, 11) is 1.62. The number of carbonyl (C=O) groups excluding carboxylic acids is 1. The molecule has 0 saturated carbocycles. The van der Waals surface area contributed by atoms with E-state index in [1.54, 1.807) is 56.8 Å². The summed E-state index contributed by atoms with van der Waals surface area (Å²) in [5, 5.41) is 3.75. The first-order valence-electron chi connectivity index (χ1n) is 12.6. The van der Waals surface area contributed by atoms with Gasteiger partial charge in [-0.2, -0.15) is 0 Å². The third-order valence-electron chi connectivity index (χ3n) is 6.55. The fraction of sp³-hybridized carbons (Fsp3) is 0.200. The van der Waals surface area contributed by atoms with Crippen LogP contribution in [-0.4, -0.2) is 38.5 Å². The third-order valence-corrected chi connectivity index (χ3v) is 6.55. The van der Waals surface area contributed by atoms with Crippen LogP contribution in [-0.2, 0) is 13.0 Å². The van der Waals surface area contributed by atoms with Gasteiger partial charge in [0.15, 0.2) is 0 Å². The maximum absolute atomic E-state index is 14.0. The van der Waals surface area contributed by atoms with Gasteiger partial charge in [-0.15, -0.1) is 0 Å². The Hall–Kier alpha value is -4.79. The number of nitrogens with one attached hydrogen (secondary N) is 1. The summed E-state index contributed by atoms with van der Waals surface area (Å²) in [6.07, 6.45) is 2.86. The fourth-order valence-corrected chi connectivity index (χ4v) is 4.66. The summed E-state index contributed by atoms with van der Waals surface area (Å²) in [5.74, 6) is 0.459. The summed E-state index contributed by atoms with van der Waals surface area (Å²) in [4.78, 5) is 35.4. The lowest BCUT2D eigenvalue weighted by atomic mass is 10.0. The number of carbonyl (C=O) groups is 1. The van der Waals surface area contributed by atoms with Gasteiger partial charge < -0.3 is 10.1 Å². The van der Waals surface area contributed by atoms with Crippen LogP contribution in [0.15, 0.2) is 83.9 Å². The minimum absolute atomic E-state index is 0.0518. The van der Waals surface area contributed by atoms with E-state index in [0.717, 1.165) is 27.8 Å². The molecular weight excluding hydrogens is 497 g/mol. The van der Waals surface area contributed by atoms with Gasteiger partial charge in [0.1, 0.15) is 23.3 Å². The van der Waals surface area contributed by atoms with E-state index >= 15 is 0 Å². The molecule has 9 heteroatoms. The molecule has 39 heavy (non-hydrogen) atoms. The van der Waals surface area contributed by atoms with Crippen LogP contribution in [0.2, 0.25) is 0 Å². The Kier molecular flexibility index (Phi) is 7.23. The van der Waals surface area contributed by atoms with Gasteiger partial charge in [-0.25, -0.2) is 14.1 Å². The molecule has 0 fully saturated rings. The number of aromatic nitrogens is 4. The van der Waals surface area contributed by atoms with Crippen molar-refractivity contribution in [3.63, 3.8) is 0 Å². The van der Waals surface area contributed by atoms with Crippen molar-refractivity contribution in [3.05, 3.63) is 112 Å². The minimum atomic E-state index is -1.21. The topological polar surface area (TPSA) is 91.0 Å². The molecule has 2 aromatic carbocycles. The molecule has 0 radical (unpaired) electrons. The van der Waals surface area contributed by atoms with Gasteiger partial charge in [0.25, 0.3) is 11.5 Å². The molecule has 3 heterocycles. The second-order valence-electron chi connectivity index (χ2n) is 9.31. The Bertz CT molecular complexity index is 1690. The van der Waals surface area contributed by atoms with E-state index < -0.39 is 17.6 Å². The normalized spacial score (nSPS) is 11.9. The van der Waals surface area contributed by atoms with Gasteiger partial charge in [0.2, 0.25) is 0 Å². The number of ether oxygens (including phenoxy) is 1. The van der Waals surface area contributed by atoms with E-state index in [4.69, 9.17) is 4.74 Å². The minimum Gasteiger partial charge on any atom is -0.497 e. The first kappa shape index (κ1) is 25.8. The predicted octanol–water partition coefficient (Wildman–Crippen LogP) is 5.10. The van der Waals surface area contributed by atoms with E-state index in [0.29, 0.717) is 23.6 Å². The van der Waals surface area contributed by atoms with Crippen LogP contribution in [0.5, 0.6) is 5.75 Å². The van der Waals surface area contributed by atoms with Gasteiger partial charge in [-0.05, 0) is 67.8 Å². The summed E-state index contributed by atoms with van der Waals surface area (Å²) < 4.78 is 22.1. The lowest BCUT2D eigenvalue weighted by Gasteiger charge is -2.14. The van der Waals surface area contributed by atoms with Crippen LogP contribution >= 0.6 is 0 Å². The van der Waals surface area contributed by atoms with Gasteiger partial charge in [0, 0.05) is 23.8 Å². The molecule has 1 amide bonds. The predicted molar refractivity (Wildman–Crippen MR) is 149 cm³/mol. The molecule has 1 atom stereocenters. The fourth-order valence-electron chi connectivity index (χ4n) is 4.66. The maximum Gasteiger partial charge on any atom is 0.284 e. The van der Waals surface area contributed by atoms with Crippen LogP contribution in [0.25, 0.3) is 16.6 Å². The first-order valence-corrected chi connectivity index (χ1v) is 12.6. The molecule has 198 valence electrons. The highest BCUT2D eigenvalue weighted by Crippen LogP contribution is 2.24. The van der Waals surface area contributed by atoms with E-state index in [-0.39, 0.29) is 12.1 Å². The zero-order valence-electron chi connectivity index (χ0n) is 21.9. The second kappa shape index (κ2) is 10.9. The highest BCUT2D eigenvalue weighted by Gasteiger charge is 2.25. The number of halogens is 1. The number of benzene rings is 2. The van der Waals surface area contributed by atoms with E-state index in [1.165, 1.54) is 16.3 Å². The van der Waals surface area contributed by atoms with E-state index in [1.807, 2.05) is 36.4 Å². The Labute approximate surface area is 224 Å². The van der Waals surface area contributed by atoms with Crippen LogP contribution in [0.4, 0.5) is 10.2 Å². The second-order valence-corrected chi connectivity index (χ2v) is 9.31. The number of rotatable bonds is 8. The van der Waals surface area contributed by atoms with Gasteiger partial charge >= 0.3 is 0 Å². The van der Waals surface area contributed by atoms with Crippen molar-refractivity contribution in [1.82, 2.24) is 19.3 Å². The van der Waals surface area contributed by atoms with Crippen molar-refractivity contribution < 1.29 is 13.9 Å². The number of anilines is 1. The number of pyridine rings is 2. The number of nitrogens with zero attached hydrogens (tertiary/aromatic N) is 4. The zero-order valence-corrected chi connectivity index (χ0v) is 21.9. The number of alkyl halides is 1. The van der Waals surface area contributed by atoms with Crippen LogP contribution in [0, 0.1) is 6.92 Å². The van der Waals surface area contributed by atoms with Crippen molar-refractivity contribution in [2.24, 2.45) is 0 Å². The summed E-state index contributed by atoms with van der Waals surface area (Å²) >= 11 is 0. The Morgan fingerprint density at radius 1 is 1.08 bits per heavy atom. The van der Waals surface area contributed by atoms with Gasteiger partial charge in [-0.3, -0.25) is 19.3 Å². The van der Waals surface area contributed by atoms with E-state index in [9.17, 15) is 14.0 Å². The number of hydrogen-bond acceptors (Lipinski definition) is 5. The molecule has 1 N–H and O–H groups in total. The summed E-state index contributed by atoms with van der Waals surface area (Å²) in [6.45, 7) is 2.99. The highest BCUT2D eigenvalue weighted by molar-refractivity contribution is 6.04. The van der Waals surface area contributed by atoms with Crippen molar-refractivity contribution in [1.29, 1.82) is 0 Å². The van der Waals surface area contributed by atoms with Crippen molar-refractivity contribution in [3.8, 4) is 11.4 Å². The smallest absolute Gasteiger partial charge is 0.284 e. The average molecular weight is 526 g/mol. The summed E-state index contributed by atoms with van der Waals surface area (Å²) in [6, 6.07) is 20.2. The molecule has 0 aliphatic heterocycles. The first-order chi connectivity index (χ1) is 18.9.